The summed E-state index contributed by atoms with van der Waals surface area (Å²) in [6, 6.07) is -0.301. The van der Waals surface area contributed by atoms with E-state index in [1.165, 1.54) is 6.33 Å². The normalized spacial score (nSPS) is 30.2. The molecule has 7 heteroatoms. The van der Waals surface area contributed by atoms with E-state index in [1.54, 1.807) is 0 Å². The van der Waals surface area contributed by atoms with E-state index in [4.69, 9.17) is 0 Å². The summed E-state index contributed by atoms with van der Waals surface area (Å²) in [4.78, 5) is 8.45. The third kappa shape index (κ3) is 1.96. The minimum Gasteiger partial charge on any atom is -0.396 e. The second-order valence-corrected chi connectivity index (χ2v) is 6.12. The molecule has 1 aliphatic carbocycles. The Balaban J connectivity index is 2.10. The van der Waals surface area contributed by atoms with E-state index in [0.717, 1.165) is 21.2 Å². The monoisotopic (exact) mass is 341 g/mol. The maximum Gasteiger partial charge on any atom is 0.145 e. The fraction of sp³-hybridized carbons (Fsp3) is 0.538. The van der Waals surface area contributed by atoms with E-state index in [-0.39, 0.29) is 18.6 Å². The van der Waals surface area contributed by atoms with Crippen LogP contribution in [-0.4, -0.2) is 48.7 Å². The van der Waals surface area contributed by atoms with Gasteiger partial charge in [-0.1, -0.05) is 0 Å². The van der Waals surface area contributed by atoms with Gasteiger partial charge in [-0.3, -0.25) is 0 Å². The van der Waals surface area contributed by atoms with Gasteiger partial charge in [0.25, 0.3) is 0 Å². The van der Waals surface area contributed by atoms with Crippen molar-refractivity contribution in [1.29, 1.82) is 0 Å². The minimum atomic E-state index is -0.913. The molecule has 6 nitrogen and oxygen atoms in total. The van der Waals surface area contributed by atoms with Gasteiger partial charge in [-0.2, -0.15) is 0 Å². The number of aromatic nitrogens is 3. The molecule has 3 N–H and O–H groups in total. The highest BCUT2D eigenvalue weighted by molar-refractivity contribution is 9.10. The van der Waals surface area contributed by atoms with E-state index in [1.807, 2.05) is 17.7 Å². The van der Waals surface area contributed by atoms with Gasteiger partial charge in [0.1, 0.15) is 18.1 Å². The van der Waals surface area contributed by atoms with Gasteiger partial charge in [-0.25, -0.2) is 9.97 Å². The molecule has 108 valence electrons. The molecular formula is C13H16BrN3O3. The average molecular weight is 342 g/mol. The summed E-state index contributed by atoms with van der Waals surface area (Å²) in [5.41, 5.74) is 1.58. The number of nitrogens with zero attached hydrogens (tertiary/aromatic N) is 3. The van der Waals surface area contributed by atoms with E-state index in [2.05, 4.69) is 25.9 Å². The highest BCUT2D eigenvalue weighted by Gasteiger charge is 2.42. The van der Waals surface area contributed by atoms with Gasteiger partial charge in [0.05, 0.1) is 23.2 Å². The van der Waals surface area contributed by atoms with Crippen LogP contribution in [0.15, 0.2) is 17.0 Å². The zero-order valence-electron chi connectivity index (χ0n) is 10.9. The second kappa shape index (κ2) is 5.07. The van der Waals surface area contributed by atoms with Crippen molar-refractivity contribution in [2.45, 2.75) is 31.6 Å². The highest BCUT2D eigenvalue weighted by Crippen LogP contribution is 2.39. The van der Waals surface area contributed by atoms with Gasteiger partial charge < -0.3 is 19.9 Å². The van der Waals surface area contributed by atoms with Crippen LogP contribution in [0.1, 0.15) is 18.2 Å². The molecule has 20 heavy (non-hydrogen) atoms. The van der Waals surface area contributed by atoms with Crippen LogP contribution in [0, 0.1) is 12.8 Å². The topological polar surface area (TPSA) is 91.4 Å². The number of rotatable bonds is 2. The summed E-state index contributed by atoms with van der Waals surface area (Å²) < 4.78 is 2.72. The van der Waals surface area contributed by atoms with Crippen LogP contribution in [0.5, 0.6) is 0 Å². The van der Waals surface area contributed by atoms with Crippen molar-refractivity contribution in [2.24, 2.45) is 5.92 Å². The molecule has 2 aromatic rings. The van der Waals surface area contributed by atoms with Crippen LogP contribution in [0.2, 0.25) is 0 Å². The van der Waals surface area contributed by atoms with Crippen LogP contribution in [0.3, 0.4) is 0 Å². The highest BCUT2D eigenvalue weighted by atomic mass is 79.9. The molecule has 1 saturated carbocycles. The van der Waals surface area contributed by atoms with Crippen molar-refractivity contribution < 1.29 is 15.3 Å². The van der Waals surface area contributed by atoms with Gasteiger partial charge in [0.2, 0.25) is 0 Å². The maximum absolute atomic E-state index is 10.2. The molecule has 0 aliphatic heterocycles. The zero-order valence-corrected chi connectivity index (χ0v) is 12.5. The molecule has 3 rings (SSSR count). The SMILES string of the molecule is Cc1ncnc2c1c(Br)cn2[C@@H]1C[C@@H](CO)[C@@H](O)[C@H]1O. The predicted molar refractivity (Wildman–Crippen MR) is 76.2 cm³/mol. The molecule has 0 spiro atoms. The molecule has 0 saturated heterocycles. The fourth-order valence-electron chi connectivity index (χ4n) is 2.99. The number of aliphatic hydroxyl groups is 3. The molecule has 1 fully saturated rings. The lowest BCUT2D eigenvalue weighted by Gasteiger charge is -2.18. The van der Waals surface area contributed by atoms with E-state index in [0.29, 0.717) is 6.42 Å². The Hall–Kier alpha value is -1.02. The number of fused-ring (bicyclic) bond motifs is 1. The zero-order chi connectivity index (χ0) is 14.4. The summed E-state index contributed by atoms with van der Waals surface area (Å²) in [5.74, 6) is -0.311. The van der Waals surface area contributed by atoms with Crippen LogP contribution < -0.4 is 0 Å². The first-order valence-corrected chi connectivity index (χ1v) is 7.28. The molecule has 0 amide bonds. The van der Waals surface area contributed by atoms with Gasteiger partial charge in [0.15, 0.2) is 0 Å². The first kappa shape index (κ1) is 13.9. The first-order valence-electron chi connectivity index (χ1n) is 6.49. The molecule has 0 radical (unpaired) electrons. The van der Waals surface area contributed by atoms with Gasteiger partial charge in [0, 0.05) is 23.2 Å². The summed E-state index contributed by atoms with van der Waals surface area (Å²) in [5, 5.41) is 30.3. The number of aliphatic hydroxyl groups excluding tert-OH is 3. The van der Waals surface area contributed by atoms with Crippen molar-refractivity contribution in [2.75, 3.05) is 6.61 Å². The Kier molecular flexibility index (Phi) is 3.53. The van der Waals surface area contributed by atoms with E-state index >= 15 is 0 Å². The van der Waals surface area contributed by atoms with Crippen molar-refractivity contribution in [3.05, 3.63) is 22.7 Å². The molecule has 0 aromatic carbocycles. The average Bonchev–Trinajstić information content (AvgIpc) is 2.90. The van der Waals surface area contributed by atoms with Crippen LogP contribution >= 0.6 is 15.9 Å². The van der Waals surface area contributed by atoms with Gasteiger partial charge >= 0.3 is 0 Å². The Morgan fingerprint density at radius 1 is 1.35 bits per heavy atom. The number of aryl methyl sites for hydroxylation is 1. The lowest BCUT2D eigenvalue weighted by atomic mass is 10.1. The molecule has 0 unspecified atom stereocenters. The van der Waals surface area contributed by atoms with Gasteiger partial charge in [-0.15, -0.1) is 0 Å². The Morgan fingerprint density at radius 2 is 2.10 bits per heavy atom. The second-order valence-electron chi connectivity index (χ2n) is 5.27. The molecular weight excluding hydrogens is 326 g/mol. The minimum absolute atomic E-state index is 0.136. The van der Waals surface area contributed by atoms with Crippen molar-refractivity contribution in [3.8, 4) is 0 Å². The predicted octanol–water partition coefficient (Wildman–Crippen LogP) is 0.777. The fourth-order valence-corrected chi connectivity index (χ4v) is 3.68. The van der Waals surface area contributed by atoms with Crippen LogP contribution in [0.25, 0.3) is 11.0 Å². The van der Waals surface area contributed by atoms with E-state index in [9.17, 15) is 15.3 Å². The largest absolute Gasteiger partial charge is 0.396 e. The summed E-state index contributed by atoms with van der Waals surface area (Å²) in [7, 11) is 0. The summed E-state index contributed by atoms with van der Waals surface area (Å²) in [6.07, 6.45) is 2.03. The molecule has 1 aliphatic rings. The molecule has 2 heterocycles. The van der Waals surface area contributed by atoms with Crippen molar-refractivity contribution >= 4 is 27.0 Å². The van der Waals surface area contributed by atoms with Crippen molar-refractivity contribution in [1.82, 2.24) is 14.5 Å². The maximum atomic E-state index is 10.2. The third-order valence-electron chi connectivity index (χ3n) is 4.12. The van der Waals surface area contributed by atoms with Crippen LogP contribution in [-0.2, 0) is 0 Å². The lowest BCUT2D eigenvalue weighted by Crippen LogP contribution is -2.30. The Bertz CT molecular complexity index is 645. The van der Waals surface area contributed by atoms with Crippen LogP contribution in [0.4, 0.5) is 0 Å². The lowest BCUT2D eigenvalue weighted by molar-refractivity contribution is -0.00366. The van der Waals surface area contributed by atoms with Crippen molar-refractivity contribution in [3.63, 3.8) is 0 Å². The third-order valence-corrected chi connectivity index (χ3v) is 4.72. The smallest absolute Gasteiger partial charge is 0.145 e. The Labute approximate surface area is 124 Å². The summed E-state index contributed by atoms with van der Waals surface area (Å²) in [6.45, 7) is 1.76. The molecule has 4 atom stereocenters. The molecule has 0 bridgehead atoms. The summed E-state index contributed by atoms with van der Waals surface area (Å²) >= 11 is 3.49. The quantitative estimate of drug-likeness (QED) is 0.750. The number of hydrogen-bond acceptors (Lipinski definition) is 5. The van der Waals surface area contributed by atoms with Gasteiger partial charge in [-0.05, 0) is 29.3 Å². The molecule has 2 aromatic heterocycles. The van der Waals surface area contributed by atoms with E-state index < -0.39 is 12.2 Å². The first-order chi connectivity index (χ1) is 9.54. The Morgan fingerprint density at radius 3 is 2.75 bits per heavy atom. The number of hydrogen-bond donors (Lipinski definition) is 3. The standard InChI is InChI=1S/C13H16BrN3O3/c1-6-10-8(14)3-17(13(10)16-5-15-6)9-2-7(4-18)11(19)12(9)20/h3,5,7,9,11-12,18-20H,2,4H2,1H3/t7-,9+,11+,12-/m0/s1. The number of halogens is 1.